The highest BCUT2D eigenvalue weighted by Gasteiger charge is 2.17. The number of rotatable bonds is 1. The summed E-state index contributed by atoms with van der Waals surface area (Å²) in [6.07, 6.45) is 0. The lowest BCUT2D eigenvalue weighted by Crippen LogP contribution is -1.97. The summed E-state index contributed by atoms with van der Waals surface area (Å²) >= 11 is 5.83. The summed E-state index contributed by atoms with van der Waals surface area (Å²) in [6.45, 7) is 1.16. The first-order chi connectivity index (χ1) is 8.95. The normalized spacial score (nSPS) is 10.3. The van der Waals surface area contributed by atoms with Crippen LogP contribution < -0.4 is 0 Å². The lowest BCUT2D eigenvalue weighted by atomic mass is 10.0. The van der Waals surface area contributed by atoms with Gasteiger partial charge in [-0.15, -0.1) is 0 Å². The van der Waals surface area contributed by atoms with Crippen LogP contribution in [0.1, 0.15) is 11.1 Å². The molecular formula is C14H7ClF3N. The largest absolute Gasteiger partial charge is 0.206 e. The van der Waals surface area contributed by atoms with Crippen LogP contribution in [0.3, 0.4) is 0 Å². The Kier molecular flexibility index (Phi) is 3.50. The lowest BCUT2D eigenvalue weighted by Gasteiger charge is -2.08. The average Bonchev–Trinajstić information content (AvgIpc) is 2.40. The van der Waals surface area contributed by atoms with Crippen molar-refractivity contribution in [3.8, 4) is 17.2 Å². The molecule has 0 unspecified atom stereocenters. The summed E-state index contributed by atoms with van der Waals surface area (Å²) in [5.74, 6) is -3.19. The van der Waals surface area contributed by atoms with Crippen LogP contribution in [-0.4, -0.2) is 0 Å². The lowest BCUT2D eigenvalue weighted by molar-refractivity contribution is 0.487. The summed E-state index contributed by atoms with van der Waals surface area (Å²) in [5, 5.41) is 8.87. The molecule has 0 N–H and O–H groups in total. The minimum Gasteiger partial charge on any atom is -0.206 e. The average molecular weight is 282 g/mol. The van der Waals surface area contributed by atoms with Gasteiger partial charge in [-0.25, -0.2) is 13.2 Å². The van der Waals surface area contributed by atoms with Crippen molar-refractivity contribution in [3.63, 3.8) is 0 Å². The SMILES string of the molecule is Cc1c(F)c(F)cc(-c2ccc(C#N)c(Cl)c2)c1F. The first kappa shape index (κ1) is 13.4. The van der Waals surface area contributed by atoms with Crippen LogP contribution in [-0.2, 0) is 0 Å². The summed E-state index contributed by atoms with van der Waals surface area (Å²) in [7, 11) is 0. The van der Waals surface area contributed by atoms with Crippen LogP contribution in [0, 0.1) is 35.7 Å². The van der Waals surface area contributed by atoms with Crippen molar-refractivity contribution in [1.82, 2.24) is 0 Å². The van der Waals surface area contributed by atoms with Gasteiger partial charge >= 0.3 is 0 Å². The first-order valence-electron chi connectivity index (χ1n) is 5.29. The smallest absolute Gasteiger partial charge is 0.164 e. The Hall–Kier alpha value is -1.99. The van der Waals surface area contributed by atoms with E-state index in [4.69, 9.17) is 16.9 Å². The zero-order chi connectivity index (χ0) is 14.2. The maximum absolute atomic E-state index is 13.9. The molecule has 0 aromatic heterocycles. The second kappa shape index (κ2) is 4.94. The second-order valence-electron chi connectivity index (χ2n) is 3.97. The molecule has 96 valence electrons. The molecule has 0 fully saturated rings. The van der Waals surface area contributed by atoms with Crippen molar-refractivity contribution < 1.29 is 13.2 Å². The van der Waals surface area contributed by atoms with E-state index in [1.165, 1.54) is 18.2 Å². The van der Waals surface area contributed by atoms with Gasteiger partial charge in [0.1, 0.15) is 11.9 Å². The maximum atomic E-state index is 13.9. The van der Waals surface area contributed by atoms with Gasteiger partial charge in [-0.2, -0.15) is 5.26 Å². The zero-order valence-corrected chi connectivity index (χ0v) is 10.5. The third-order valence-corrected chi connectivity index (χ3v) is 3.09. The van der Waals surface area contributed by atoms with Gasteiger partial charge in [-0.1, -0.05) is 17.7 Å². The molecule has 5 heteroatoms. The molecule has 0 aliphatic heterocycles. The van der Waals surface area contributed by atoms with E-state index in [0.29, 0.717) is 0 Å². The fraction of sp³-hybridized carbons (Fsp3) is 0.0714. The first-order valence-corrected chi connectivity index (χ1v) is 5.67. The number of halogens is 4. The van der Waals surface area contributed by atoms with Crippen LogP contribution >= 0.6 is 11.6 Å². The summed E-state index contributed by atoms with van der Waals surface area (Å²) in [5.41, 5.74) is 0.0203. The number of nitriles is 1. The Balaban J connectivity index is 2.67. The fourth-order valence-corrected chi connectivity index (χ4v) is 1.94. The number of hydrogen-bond acceptors (Lipinski definition) is 1. The number of hydrogen-bond donors (Lipinski definition) is 0. The predicted molar refractivity (Wildman–Crippen MR) is 66.2 cm³/mol. The molecule has 0 aliphatic rings. The van der Waals surface area contributed by atoms with Crippen molar-refractivity contribution >= 4 is 11.6 Å². The Morgan fingerprint density at radius 3 is 2.37 bits per heavy atom. The molecule has 0 heterocycles. The van der Waals surface area contributed by atoms with Gasteiger partial charge in [0.05, 0.1) is 10.6 Å². The quantitative estimate of drug-likeness (QED) is 0.701. The second-order valence-corrected chi connectivity index (χ2v) is 4.37. The standard InChI is InChI=1S/C14H7ClF3N/c1-7-13(17)10(5-12(16)14(7)18)8-2-3-9(6-19)11(15)4-8/h2-5H,1H3. The van der Waals surface area contributed by atoms with Crippen molar-refractivity contribution in [2.24, 2.45) is 0 Å². The molecule has 0 saturated heterocycles. The minimum atomic E-state index is -1.21. The minimum absolute atomic E-state index is 0.0946. The zero-order valence-electron chi connectivity index (χ0n) is 9.77. The van der Waals surface area contributed by atoms with Gasteiger partial charge in [0.15, 0.2) is 11.6 Å². The fourth-order valence-electron chi connectivity index (χ4n) is 1.71. The van der Waals surface area contributed by atoms with Gasteiger partial charge in [0, 0.05) is 11.1 Å². The summed E-state index contributed by atoms with van der Waals surface area (Å²) in [6, 6.07) is 6.80. The number of benzene rings is 2. The van der Waals surface area contributed by atoms with Crippen LogP contribution in [0.25, 0.3) is 11.1 Å². The number of nitrogens with zero attached hydrogens (tertiary/aromatic N) is 1. The van der Waals surface area contributed by atoms with E-state index >= 15 is 0 Å². The summed E-state index contributed by atoms with van der Waals surface area (Å²) in [4.78, 5) is 0. The molecule has 2 aromatic carbocycles. The van der Waals surface area contributed by atoms with Gasteiger partial charge in [0.2, 0.25) is 0 Å². The third-order valence-electron chi connectivity index (χ3n) is 2.78. The molecule has 0 spiro atoms. The van der Waals surface area contributed by atoms with Gasteiger partial charge in [-0.3, -0.25) is 0 Å². The molecule has 0 atom stereocenters. The van der Waals surface area contributed by atoms with E-state index in [-0.39, 0.29) is 21.7 Å². The third kappa shape index (κ3) is 2.29. The Bertz CT molecular complexity index is 705. The Morgan fingerprint density at radius 1 is 1.11 bits per heavy atom. The van der Waals surface area contributed by atoms with Crippen molar-refractivity contribution in [2.75, 3.05) is 0 Å². The van der Waals surface area contributed by atoms with Crippen LogP contribution in [0.5, 0.6) is 0 Å². The van der Waals surface area contributed by atoms with E-state index < -0.39 is 23.0 Å². The van der Waals surface area contributed by atoms with E-state index in [9.17, 15) is 13.2 Å². The van der Waals surface area contributed by atoms with E-state index in [1.54, 1.807) is 0 Å². The van der Waals surface area contributed by atoms with Gasteiger partial charge < -0.3 is 0 Å². The van der Waals surface area contributed by atoms with Crippen molar-refractivity contribution in [3.05, 3.63) is 57.9 Å². The van der Waals surface area contributed by atoms with Gasteiger partial charge in [0.25, 0.3) is 0 Å². The molecule has 19 heavy (non-hydrogen) atoms. The molecule has 2 rings (SSSR count). The van der Waals surface area contributed by atoms with Crippen LogP contribution in [0.15, 0.2) is 24.3 Å². The molecular weight excluding hydrogens is 275 g/mol. The van der Waals surface area contributed by atoms with Crippen molar-refractivity contribution in [1.29, 1.82) is 5.26 Å². The van der Waals surface area contributed by atoms with Crippen LogP contribution in [0.4, 0.5) is 13.2 Å². The van der Waals surface area contributed by atoms with Gasteiger partial charge in [-0.05, 0) is 30.7 Å². The maximum Gasteiger partial charge on any atom is 0.164 e. The molecule has 1 nitrogen and oxygen atoms in total. The van der Waals surface area contributed by atoms with Crippen molar-refractivity contribution in [2.45, 2.75) is 6.92 Å². The predicted octanol–water partition coefficient (Wildman–Crippen LogP) is 4.60. The molecule has 0 amide bonds. The monoisotopic (exact) mass is 281 g/mol. The van der Waals surface area contributed by atoms with Crippen LogP contribution in [0.2, 0.25) is 5.02 Å². The highest BCUT2D eigenvalue weighted by atomic mass is 35.5. The Morgan fingerprint density at radius 2 is 1.79 bits per heavy atom. The highest BCUT2D eigenvalue weighted by Crippen LogP contribution is 2.30. The topological polar surface area (TPSA) is 23.8 Å². The van der Waals surface area contributed by atoms with E-state index in [1.807, 2.05) is 6.07 Å². The molecule has 0 bridgehead atoms. The molecule has 0 saturated carbocycles. The molecule has 0 aliphatic carbocycles. The molecule has 2 aromatic rings. The summed E-state index contributed by atoms with van der Waals surface area (Å²) < 4.78 is 40.5. The molecule has 0 radical (unpaired) electrons. The Labute approximate surface area is 112 Å². The van der Waals surface area contributed by atoms with E-state index in [2.05, 4.69) is 0 Å². The highest BCUT2D eigenvalue weighted by molar-refractivity contribution is 6.32. The van der Waals surface area contributed by atoms with E-state index in [0.717, 1.165) is 13.0 Å².